The summed E-state index contributed by atoms with van der Waals surface area (Å²) < 4.78 is 5.87. The van der Waals surface area contributed by atoms with Crippen molar-refractivity contribution in [3.8, 4) is 5.75 Å². The van der Waals surface area contributed by atoms with E-state index >= 15 is 0 Å². The lowest BCUT2D eigenvalue weighted by Gasteiger charge is -2.13. The Kier molecular flexibility index (Phi) is 3.53. The van der Waals surface area contributed by atoms with Crippen molar-refractivity contribution >= 4 is 11.6 Å². The number of hydrogen-bond donors (Lipinski definition) is 0. The van der Waals surface area contributed by atoms with Crippen LogP contribution in [-0.2, 0) is 6.42 Å². The predicted octanol–water partition coefficient (Wildman–Crippen LogP) is 4.22. The summed E-state index contributed by atoms with van der Waals surface area (Å²) in [6.07, 6.45) is 6.35. The van der Waals surface area contributed by atoms with E-state index in [2.05, 4.69) is 13.0 Å². The summed E-state index contributed by atoms with van der Waals surface area (Å²) >= 11 is 6.13. The van der Waals surface area contributed by atoms with Crippen molar-refractivity contribution in [3.05, 3.63) is 28.8 Å². The largest absolute Gasteiger partial charge is 0.490 e. The molecule has 0 radical (unpaired) electrons. The standard InChI is InChI=1S/C13H17ClO/c1-2-10-7-8-12(9-13(10)14)15-11-5-3-4-6-11/h7-9,11H,2-6H2,1H3. The molecule has 0 heterocycles. The van der Waals surface area contributed by atoms with Crippen LogP contribution in [0.4, 0.5) is 0 Å². The van der Waals surface area contributed by atoms with Crippen LogP contribution in [0.1, 0.15) is 38.2 Å². The number of hydrogen-bond acceptors (Lipinski definition) is 1. The van der Waals surface area contributed by atoms with Gasteiger partial charge in [-0.3, -0.25) is 0 Å². The van der Waals surface area contributed by atoms with Crippen molar-refractivity contribution in [1.82, 2.24) is 0 Å². The van der Waals surface area contributed by atoms with Gasteiger partial charge in [0.15, 0.2) is 0 Å². The summed E-state index contributed by atoms with van der Waals surface area (Å²) in [6.45, 7) is 2.11. The van der Waals surface area contributed by atoms with Crippen molar-refractivity contribution in [2.75, 3.05) is 0 Å². The van der Waals surface area contributed by atoms with Gasteiger partial charge in [-0.15, -0.1) is 0 Å². The minimum atomic E-state index is 0.411. The molecule has 1 aromatic rings. The summed E-state index contributed by atoms with van der Waals surface area (Å²) in [7, 11) is 0. The minimum Gasteiger partial charge on any atom is -0.490 e. The van der Waals surface area contributed by atoms with Gasteiger partial charge in [0.1, 0.15) is 5.75 Å². The first-order valence-corrected chi connectivity index (χ1v) is 6.12. The van der Waals surface area contributed by atoms with Crippen LogP contribution in [-0.4, -0.2) is 6.10 Å². The lowest BCUT2D eigenvalue weighted by molar-refractivity contribution is 0.210. The van der Waals surface area contributed by atoms with E-state index in [1.54, 1.807) is 0 Å². The van der Waals surface area contributed by atoms with E-state index in [-0.39, 0.29) is 0 Å². The molecule has 0 saturated heterocycles. The number of aryl methyl sites for hydroxylation is 1. The predicted molar refractivity (Wildman–Crippen MR) is 63.7 cm³/mol. The Labute approximate surface area is 96.4 Å². The van der Waals surface area contributed by atoms with Crippen LogP contribution in [0.15, 0.2) is 18.2 Å². The van der Waals surface area contributed by atoms with Gasteiger partial charge < -0.3 is 4.74 Å². The first-order valence-electron chi connectivity index (χ1n) is 5.74. The maximum atomic E-state index is 6.13. The molecule has 1 aromatic carbocycles. The molecule has 82 valence electrons. The van der Waals surface area contributed by atoms with Crippen molar-refractivity contribution in [2.45, 2.75) is 45.1 Å². The van der Waals surface area contributed by atoms with Crippen molar-refractivity contribution in [2.24, 2.45) is 0 Å². The van der Waals surface area contributed by atoms with Gasteiger partial charge in [-0.25, -0.2) is 0 Å². The third kappa shape index (κ3) is 2.66. The third-order valence-corrected chi connectivity index (χ3v) is 3.36. The van der Waals surface area contributed by atoms with Crippen LogP contribution in [0.2, 0.25) is 5.02 Å². The molecule has 0 aliphatic heterocycles. The van der Waals surface area contributed by atoms with Gasteiger partial charge in [-0.1, -0.05) is 24.6 Å². The number of benzene rings is 1. The zero-order chi connectivity index (χ0) is 10.7. The van der Waals surface area contributed by atoms with E-state index in [0.717, 1.165) is 17.2 Å². The van der Waals surface area contributed by atoms with Gasteiger partial charge in [-0.2, -0.15) is 0 Å². The molecular formula is C13H17ClO. The quantitative estimate of drug-likeness (QED) is 0.747. The topological polar surface area (TPSA) is 9.23 Å². The second kappa shape index (κ2) is 4.89. The molecule has 1 aliphatic rings. The molecule has 0 amide bonds. The monoisotopic (exact) mass is 224 g/mol. The average molecular weight is 225 g/mol. The van der Waals surface area contributed by atoms with E-state index in [1.807, 2.05) is 12.1 Å². The van der Waals surface area contributed by atoms with Crippen LogP contribution in [0.3, 0.4) is 0 Å². The summed E-state index contributed by atoms with van der Waals surface area (Å²) in [6, 6.07) is 6.04. The molecular weight excluding hydrogens is 208 g/mol. The fourth-order valence-corrected chi connectivity index (χ4v) is 2.39. The fraction of sp³-hybridized carbons (Fsp3) is 0.538. The van der Waals surface area contributed by atoms with E-state index in [0.29, 0.717) is 6.10 Å². The molecule has 1 nitrogen and oxygen atoms in total. The summed E-state index contributed by atoms with van der Waals surface area (Å²) in [5.41, 5.74) is 1.19. The highest BCUT2D eigenvalue weighted by Crippen LogP contribution is 2.27. The highest BCUT2D eigenvalue weighted by atomic mass is 35.5. The lowest BCUT2D eigenvalue weighted by Crippen LogP contribution is -2.10. The smallest absolute Gasteiger partial charge is 0.121 e. The number of rotatable bonds is 3. The van der Waals surface area contributed by atoms with E-state index in [9.17, 15) is 0 Å². The molecule has 0 N–H and O–H groups in total. The number of ether oxygens (including phenoxy) is 1. The molecule has 0 unspecified atom stereocenters. The Bertz CT molecular complexity index is 329. The van der Waals surface area contributed by atoms with Crippen LogP contribution < -0.4 is 4.74 Å². The van der Waals surface area contributed by atoms with Gasteiger partial charge in [0.05, 0.1) is 6.10 Å². The van der Waals surface area contributed by atoms with Crippen molar-refractivity contribution in [1.29, 1.82) is 0 Å². The van der Waals surface area contributed by atoms with E-state index in [4.69, 9.17) is 16.3 Å². The van der Waals surface area contributed by atoms with Gasteiger partial charge in [0.25, 0.3) is 0 Å². The highest BCUT2D eigenvalue weighted by molar-refractivity contribution is 6.31. The fourth-order valence-electron chi connectivity index (χ4n) is 2.09. The molecule has 0 atom stereocenters. The zero-order valence-corrected chi connectivity index (χ0v) is 9.89. The molecule has 1 fully saturated rings. The maximum Gasteiger partial charge on any atom is 0.121 e. The van der Waals surface area contributed by atoms with Gasteiger partial charge in [0.2, 0.25) is 0 Å². The van der Waals surface area contributed by atoms with Gasteiger partial charge in [0, 0.05) is 5.02 Å². The summed E-state index contributed by atoms with van der Waals surface area (Å²) in [5, 5.41) is 0.827. The SMILES string of the molecule is CCc1ccc(OC2CCCC2)cc1Cl. The second-order valence-corrected chi connectivity index (χ2v) is 4.54. The Hall–Kier alpha value is -0.690. The second-order valence-electron chi connectivity index (χ2n) is 4.13. The summed E-state index contributed by atoms with van der Waals surface area (Å²) in [5.74, 6) is 0.920. The minimum absolute atomic E-state index is 0.411. The van der Waals surface area contributed by atoms with Crippen LogP contribution >= 0.6 is 11.6 Å². The van der Waals surface area contributed by atoms with E-state index < -0.39 is 0 Å². The van der Waals surface area contributed by atoms with Crippen LogP contribution in [0.5, 0.6) is 5.75 Å². The first kappa shape index (κ1) is 10.8. The molecule has 2 heteroatoms. The molecule has 1 aliphatic carbocycles. The highest BCUT2D eigenvalue weighted by Gasteiger charge is 2.16. The average Bonchev–Trinajstić information content (AvgIpc) is 2.71. The lowest BCUT2D eigenvalue weighted by atomic mass is 10.1. The summed E-state index contributed by atoms with van der Waals surface area (Å²) in [4.78, 5) is 0. The molecule has 0 spiro atoms. The van der Waals surface area contributed by atoms with Gasteiger partial charge in [-0.05, 0) is 49.8 Å². The van der Waals surface area contributed by atoms with E-state index in [1.165, 1.54) is 31.2 Å². The Morgan fingerprint density at radius 2 is 2.07 bits per heavy atom. The molecule has 1 saturated carbocycles. The van der Waals surface area contributed by atoms with Crippen LogP contribution in [0, 0.1) is 0 Å². The van der Waals surface area contributed by atoms with Crippen molar-refractivity contribution in [3.63, 3.8) is 0 Å². The molecule has 15 heavy (non-hydrogen) atoms. The molecule has 0 bridgehead atoms. The molecule has 2 rings (SSSR count). The maximum absolute atomic E-state index is 6.13. The zero-order valence-electron chi connectivity index (χ0n) is 9.13. The Morgan fingerprint density at radius 3 is 2.67 bits per heavy atom. The number of halogens is 1. The normalized spacial score (nSPS) is 16.9. The van der Waals surface area contributed by atoms with Crippen molar-refractivity contribution < 1.29 is 4.74 Å². The Morgan fingerprint density at radius 1 is 1.33 bits per heavy atom. The third-order valence-electron chi connectivity index (χ3n) is 3.01. The first-order chi connectivity index (χ1) is 7.29. The van der Waals surface area contributed by atoms with Crippen LogP contribution in [0.25, 0.3) is 0 Å². The molecule has 0 aromatic heterocycles. The Balaban J connectivity index is 2.05. The van der Waals surface area contributed by atoms with Gasteiger partial charge >= 0.3 is 0 Å².